The predicted molar refractivity (Wildman–Crippen MR) is 151 cm³/mol. The lowest BCUT2D eigenvalue weighted by Crippen LogP contribution is -2.56. The van der Waals surface area contributed by atoms with Crippen LogP contribution in [-0.2, 0) is 0 Å². The first kappa shape index (κ1) is 27.5. The van der Waals surface area contributed by atoms with E-state index < -0.39 is 29.5 Å². The van der Waals surface area contributed by atoms with E-state index in [0.29, 0.717) is 33.5 Å². The van der Waals surface area contributed by atoms with Crippen LogP contribution in [0, 0.1) is 0 Å². The molecule has 6 nitrogen and oxygen atoms in total. The minimum absolute atomic E-state index is 0.00122. The summed E-state index contributed by atoms with van der Waals surface area (Å²) in [5.74, 6) is -2.89. The van der Waals surface area contributed by atoms with Gasteiger partial charge in [0.15, 0.2) is 5.78 Å². The molecule has 36 heavy (non-hydrogen) atoms. The molecule has 0 aliphatic carbocycles. The van der Waals surface area contributed by atoms with Crippen molar-refractivity contribution in [2.24, 2.45) is 0 Å². The van der Waals surface area contributed by atoms with Crippen molar-refractivity contribution in [1.82, 2.24) is 10.0 Å². The van der Waals surface area contributed by atoms with Crippen LogP contribution in [0.25, 0.3) is 0 Å². The molecule has 184 valence electrons. The quantitative estimate of drug-likeness (QED) is 0.114. The third kappa shape index (κ3) is 4.61. The molecule has 0 radical (unpaired) electrons. The molecule has 0 saturated carbocycles. The van der Waals surface area contributed by atoms with Crippen LogP contribution in [-0.4, -0.2) is 39.6 Å². The number of carbonyl (C=O) groups excluding carboxylic acids is 4. The zero-order chi connectivity index (χ0) is 26.5. The van der Waals surface area contributed by atoms with E-state index in [4.69, 9.17) is 23.2 Å². The van der Waals surface area contributed by atoms with E-state index >= 15 is 0 Å². The summed E-state index contributed by atoms with van der Waals surface area (Å²) < 4.78 is 1.60. The van der Waals surface area contributed by atoms with Crippen molar-refractivity contribution < 1.29 is 19.2 Å². The molecular weight excluding hydrogens is 771 g/mol. The Balaban J connectivity index is 1.90. The second kappa shape index (κ2) is 10.7. The van der Waals surface area contributed by atoms with E-state index in [9.17, 15) is 19.2 Å². The lowest BCUT2D eigenvalue weighted by molar-refractivity contribution is -0.00684. The van der Waals surface area contributed by atoms with Crippen molar-refractivity contribution in [3.63, 3.8) is 0 Å². The number of Topliss-reactive ketones (excluding diaryl/α,β-unsaturated/α-hetero) is 1. The number of fused-ring (bicyclic) bond motifs is 1. The Hall–Kier alpha value is -1.56. The molecule has 4 rings (SSSR count). The lowest BCUT2D eigenvalue weighted by Gasteiger charge is -2.34. The maximum Gasteiger partial charge on any atom is 0.282 e. The van der Waals surface area contributed by atoms with Crippen molar-refractivity contribution in [1.29, 1.82) is 0 Å². The zero-order valence-corrected chi connectivity index (χ0v) is 25.8. The number of hydrogen-bond donors (Lipinski definition) is 0. The number of amides is 3. The Morgan fingerprint density at radius 3 is 1.86 bits per heavy atom. The van der Waals surface area contributed by atoms with Gasteiger partial charge in [0, 0.05) is 28.5 Å². The van der Waals surface area contributed by atoms with Gasteiger partial charge in [-0.25, -0.2) is 5.01 Å². The number of nitrogens with zero attached hydrogens (tertiary/aromatic N) is 2. The molecule has 0 unspecified atom stereocenters. The van der Waals surface area contributed by atoms with Gasteiger partial charge >= 0.3 is 0 Å². The van der Waals surface area contributed by atoms with Crippen LogP contribution in [0.3, 0.4) is 0 Å². The van der Waals surface area contributed by atoms with Crippen LogP contribution in [0.5, 0.6) is 0 Å². The van der Waals surface area contributed by atoms with Gasteiger partial charge in [0.1, 0.15) is 6.04 Å². The summed E-state index contributed by atoms with van der Waals surface area (Å²) in [6.45, 7) is 1.44. The molecule has 1 heterocycles. The van der Waals surface area contributed by atoms with Gasteiger partial charge < -0.3 is 0 Å². The monoisotopic (exact) mass is 778 g/mol. The maximum absolute atomic E-state index is 13.8. The molecular formula is C24H12Br4Cl2N2O4. The van der Waals surface area contributed by atoms with Gasteiger partial charge in [-0.1, -0.05) is 53.5 Å². The molecule has 3 amide bonds. The average molecular weight is 783 g/mol. The number of imide groups is 1. The largest absolute Gasteiger partial charge is 0.292 e. The fraction of sp³-hybridized carbons (Fsp3) is 0.0833. The molecule has 0 N–H and O–H groups in total. The highest BCUT2D eigenvalue weighted by atomic mass is 79.9. The molecule has 12 heteroatoms. The number of carbonyl (C=O) groups is 4. The molecule has 3 aromatic carbocycles. The Morgan fingerprint density at radius 1 is 0.833 bits per heavy atom. The van der Waals surface area contributed by atoms with Gasteiger partial charge in [-0.2, -0.15) is 5.01 Å². The Labute approximate surface area is 249 Å². The van der Waals surface area contributed by atoms with Gasteiger partial charge in [-0.3, -0.25) is 19.2 Å². The highest BCUT2D eigenvalue weighted by Gasteiger charge is 2.48. The smallest absolute Gasteiger partial charge is 0.282 e. The first-order valence-corrected chi connectivity index (χ1v) is 14.0. The number of rotatable bonds is 5. The highest BCUT2D eigenvalue weighted by molar-refractivity contribution is 9.15. The molecule has 3 aromatic rings. The lowest BCUT2D eigenvalue weighted by atomic mass is 10.0. The summed E-state index contributed by atoms with van der Waals surface area (Å²) in [6.07, 6.45) is 0. The van der Waals surface area contributed by atoms with Gasteiger partial charge in [-0.05, 0) is 88.8 Å². The van der Waals surface area contributed by atoms with Crippen molar-refractivity contribution in [2.45, 2.75) is 13.0 Å². The van der Waals surface area contributed by atoms with Crippen LogP contribution >= 0.6 is 86.9 Å². The normalized spacial score (nSPS) is 13.6. The topological polar surface area (TPSA) is 74.8 Å². The van der Waals surface area contributed by atoms with Crippen LogP contribution in [0.1, 0.15) is 48.4 Å². The van der Waals surface area contributed by atoms with Gasteiger partial charge in [0.2, 0.25) is 0 Å². The molecule has 1 aliphatic heterocycles. The maximum atomic E-state index is 13.8. The molecule has 0 bridgehead atoms. The summed E-state index contributed by atoms with van der Waals surface area (Å²) in [7, 11) is 0. The van der Waals surface area contributed by atoms with E-state index in [1.807, 2.05) is 0 Å². The molecule has 0 saturated heterocycles. The minimum Gasteiger partial charge on any atom is -0.292 e. The van der Waals surface area contributed by atoms with Crippen molar-refractivity contribution in [2.75, 3.05) is 0 Å². The number of halogens is 6. The fourth-order valence-electron chi connectivity index (χ4n) is 3.71. The Kier molecular flexibility index (Phi) is 8.14. The van der Waals surface area contributed by atoms with E-state index in [-0.39, 0.29) is 21.7 Å². The number of hydrazine groups is 1. The molecule has 1 aliphatic rings. The van der Waals surface area contributed by atoms with E-state index in [2.05, 4.69) is 63.7 Å². The minimum atomic E-state index is -1.25. The van der Waals surface area contributed by atoms with Crippen molar-refractivity contribution in [3.8, 4) is 0 Å². The summed E-state index contributed by atoms with van der Waals surface area (Å²) >= 11 is 25.8. The van der Waals surface area contributed by atoms with E-state index in [0.717, 1.165) is 5.01 Å². The fourth-order valence-corrected chi connectivity index (χ4v) is 6.66. The average Bonchev–Trinajstić information content (AvgIpc) is 3.11. The first-order chi connectivity index (χ1) is 17.0. The predicted octanol–water partition coefficient (Wildman–Crippen LogP) is 7.97. The Bertz CT molecular complexity index is 1420. The first-order valence-electron chi connectivity index (χ1n) is 10.1. The SMILES string of the molecule is C[C@H](C(=O)c1ccccc1)N(C(=O)c1ccc(Cl)cc1Cl)N1C(=O)c2c(Br)c(Br)c(Br)c(Br)c2C1=O. The third-order valence-electron chi connectivity index (χ3n) is 5.47. The zero-order valence-electron chi connectivity index (χ0n) is 18.0. The van der Waals surface area contributed by atoms with Gasteiger partial charge in [-0.15, -0.1) is 0 Å². The number of ketones is 1. The van der Waals surface area contributed by atoms with Crippen LogP contribution in [0.2, 0.25) is 10.0 Å². The molecule has 0 fully saturated rings. The van der Waals surface area contributed by atoms with Crippen LogP contribution in [0.4, 0.5) is 0 Å². The molecule has 1 atom stereocenters. The van der Waals surface area contributed by atoms with Gasteiger partial charge in [0.25, 0.3) is 17.7 Å². The number of benzene rings is 3. The molecule has 0 spiro atoms. The second-order valence-electron chi connectivity index (χ2n) is 7.61. The summed E-state index contributed by atoms with van der Waals surface area (Å²) in [5, 5.41) is 1.81. The Morgan fingerprint density at radius 2 is 1.36 bits per heavy atom. The summed E-state index contributed by atoms with van der Waals surface area (Å²) in [4.78, 5) is 54.6. The highest BCUT2D eigenvalue weighted by Crippen LogP contribution is 2.46. The second-order valence-corrected chi connectivity index (χ2v) is 11.6. The number of hydrogen-bond acceptors (Lipinski definition) is 4. The van der Waals surface area contributed by atoms with Crippen molar-refractivity contribution in [3.05, 3.63) is 98.7 Å². The van der Waals surface area contributed by atoms with Gasteiger partial charge in [0.05, 0.1) is 21.7 Å². The summed E-state index contributed by atoms with van der Waals surface area (Å²) in [6, 6.07) is 11.2. The van der Waals surface area contributed by atoms with Crippen molar-refractivity contribution >= 4 is 110 Å². The van der Waals surface area contributed by atoms with E-state index in [1.165, 1.54) is 25.1 Å². The molecule has 0 aromatic heterocycles. The van der Waals surface area contributed by atoms with Crippen LogP contribution in [0.15, 0.2) is 66.4 Å². The van der Waals surface area contributed by atoms with E-state index in [1.54, 1.807) is 30.3 Å². The van der Waals surface area contributed by atoms with Crippen LogP contribution < -0.4 is 0 Å². The third-order valence-corrected chi connectivity index (χ3v) is 10.8. The summed E-state index contributed by atoms with van der Waals surface area (Å²) in [5.41, 5.74) is 0.322. The standard InChI is InChI=1S/C24H12Br4Cl2N2O4/c1-10(21(33)11-5-3-2-4-6-11)31(22(34)13-8-7-12(29)9-14(13)30)32-23(35)15-16(24(32)36)18(26)20(28)19(27)17(15)25/h2-10H,1H3/t10-/m1/s1.